The van der Waals surface area contributed by atoms with E-state index in [1.807, 2.05) is 65.7 Å². The van der Waals surface area contributed by atoms with Crippen LogP contribution in [0.1, 0.15) is 28.4 Å². The summed E-state index contributed by atoms with van der Waals surface area (Å²) in [6, 6.07) is 25.6. The Balaban J connectivity index is 1.25. The fraction of sp³-hybridized carbons (Fsp3) is 0.200. The van der Waals surface area contributed by atoms with Crippen molar-refractivity contribution in [3.63, 3.8) is 0 Å². The zero-order valence-corrected chi connectivity index (χ0v) is 19.8. The van der Waals surface area contributed by atoms with Crippen molar-refractivity contribution in [2.24, 2.45) is 0 Å². The first-order valence-corrected chi connectivity index (χ1v) is 12.5. The predicted octanol–water partition coefficient (Wildman–Crippen LogP) is 4.58. The summed E-state index contributed by atoms with van der Waals surface area (Å²) in [5, 5.41) is 2.30. The lowest BCUT2D eigenvalue weighted by Gasteiger charge is -2.47. The number of amides is 2. The molecule has 0 spiro atoms. The molecule has 178 valence electrons. The predicted molar refractivity (Wildman–Crippen MR) is 140 cm³/mol. The van der Waals surface area contributed by atoms with E-state index in [-0.39, 0.29) is 24.4 Å². The summed E-state index contributed by atoms with van der Waals surface area (Å²) in [6.07, 6.45) is 3.24. The number of carbonyl (C=O) groups is 2. The number of nitrogens with zero attached hydrogens (tertiary/aromatic N) is 2. The molecule has 2 unspecified atom stereocenters. The molecule has 5 aromatic rings. The van der Waals surface area contributed by atoms with E-state index in [1.165, 1.54) is 5.39 Å². The van der Waals surface area contributed by atoms with Crippen LogP contribution in [0.2, 0.25) is 0 Å². The molecular weight excluding hydrogens is 448 g/mol. The Morgan fingerprint density at radius 3 is 2.39 bits per heavy atom. The highest BCUT2D eigenvalue weighted by Crippen LogP contribution is 2.42. The van der Waals surface area contributed by atoms with Crippen LogP contribution in [0, 0.1) is 0 Å². The summed E-state index contributed by atoms with van der Waals surface area (Å²) in [5.41, 5.74) is 6.47. The van der Waals surface area contributed by atoms with Gasteiger partial charge in [-0.3, -0.25) is 9.59 Å². The Hall–Kier alpha value is -4.32. The minimum atomic E-state index is -0.508. The number of aromatic amines is 2. The first-order chi connectivity index (χ1) is 17.7. The number of nitrogens with one attached hydrogen (secondary N) is 2. The van der Waals surface area contributed by atoms with Crippen LogP contribution in [0.25, 0.3) is 21.8 Å². The van der Waals surface area contributed by atoms with Crippen molar-refractivity contribution >= 4 is 33.6 Å². The second-order valence-corrected chi connectivity index (χ2v) is 9.77. The fourth-order valence-electron chi connectivity index (χ4n) is 6.09. The average molecular weight is 475 g/mol. The largest absolute Gasteiger partial charge is 0.361 e. The summed E-state index contributed by atoms with van der Waals surface area (Å²) in [5.74, 6) is 0.0305. The van der Waals surface area contributed by atoms with E-state index < -0.39 is 6.04 Å². The van der Waals surface area contributed by atoms with Crippen LogP contribution in [0.3, 0.4) is 0 Å². The highest BCUT2D eigenvalue weighted by Gasteiger charge is 2.48. The topological polar surface area (TPSA) is 72.2 Å². The highest BCUT2D eigenvalue weighted by molar-refractivity contribution is 5.97. The molecule has 2 atom stereocenters. The van der Waals surface area contributed by atoms with Gasteiger partial charge in [-0.2, -0.15) is 0 Å². The second kappa shape index (κ2) is 8.12. The van der Waals surface area contributed by atoms with Gasteiger partial charge in [0, 0.05) is 46.7 Å². The Kier molecular flexibility index (Phi) is 4.74. The van der Waals surface area contributed by atoms with E-state index >= 15 is 0 Å². The van der Waals surface area contributed by atoms with Crippen molar-refractivity contribution in [1.29, 1.82) is 0 Å². The quantitative estimate of drug-likeness (QED) is 0.400. The normalized spacial score (nSPS) is 19.7. The van der Waals surface area contributed by atoms with Crippen LogP contribution in [-0.2, 0) is 22.4 Å². The monoisotopic (exact) mass is 474 g/mol. The number of fused-ring (bicyclic) bond motifs is 5. The Labute approximate surface area is 208 Å². The van der Waals surface area contributed by atoms with E-state index in [0.717, 1.165) is 38.8 Å². The van der Waals surface area contributed by atoms with E-state index in [0.29, 0.717) is 19.4 Å². The molecule has 0 aliphatic carbocycles. The number of piperazine rings is 1. The minimum Gasteiger partial charge on any atom is -0.361 e. The molecule has 2 amide bonds. The third-order valence-corrected chi connectivity index (χ3v) is 7.78. The lowest BCUT2D eigenvalue weighted by Crippen LogP contribution is -2.63. The zero-order valence-electron chi connectivity index (χ0n) is 19.8. The molecule has 0 bridgehead atoms. The van der Waals surface area contributed by atoms with Crippen molar-refractivity contribution in [2.45, 2.75) is 24.9 Å². The van der Waals surface area contributed by atoms with Crippen molar-refractivity contribution in [2.75, 3.05) is 13.1 Å². The average Bonchev–Trinajstić information content (AvgIpc) is 3.50. The van der Waals surface area contributed by atoms with Gasteiger partial charge in [0.15, 0.2) is 0 Å². The summed E-state index contributed by atoms with van der Waals surface area (Å²) >= 11 is 0. The van der Waals surface area contributed by atoms with Gasteiger partial charge in [0.1, 0.15) is 6.04 Å². The molecule has 2 aromatic heterocycles. The van der Waals surface area contributed by atoms with E-state index in [4.69, 9.17) is 0 Å². The molecule has 2 N–H and O–H groups in total. The van der Waals surface area contributed by atoms with Crippen LogP contribution in [0.15, 0.2) is 85.1 Å². The van der Waals surface area contributed by atoms with Gasteiger partial charge in [0.05, 0.1) is 12.6 Å². The molecule has 6 heteroatoms. The number of aromatic nitrogens is 2. The van der Waals surface area contributed by atoms with Crippen molar-refractivity contribution in [3.8, 4) is 0 Å². The Morgan fingerprint density at radius 1 is 0.833 bits per heavy atom. The second-order valence-electron chi connectivity index (χ2n) is 9.77. The van der Waals surface area contributed by atoms with Crippen molar-refractivity contribution in [1.82, 2.24) is 19.8 Å². The smallest absolute Gasteiger partial charge is 0.246 e. The number of carbonyl (C=O) groups excluding carboxylic acids is 2. The third-order valence-electron chi connectivity index (χ3n) is 7.78. The summed E-state index contributed by atoms with van der Waals surface area (Å²) in [6.45, 7) is 0.629. The van der Waals surface area contributed by atoms with E-state index in [9.17, 15) is 9.59 Å². The number of rotatable bonds is 4. The molecule has 6 nitrogen and oxygen atoms in total. The maximum Gasteiger partial charge on any atom is 0.246 e. The van der Waals surface area contributed by atoms with Crippen molar-refractivity contribution in [3.05, 3.63) is 107 Å². The van der Waals surface area contributed by atoms with Crippen LogP contribution in [-0.4, -0.2) is 50.7 Å². The number of benzene rings is 3. The van der Waals surface area contributed by atoms with Gasteiger partial charge in [-0.25, -0.2) is 0 Å². The van der Waals surface area contributed by atoms with Gasteiger partial charge in [-0.1, -0.05) is 66.7 Å². The molecule has 0 radical (unpaired) electrons. The fourth-order valence-corrected chi connectivity index (χ4v) is 6.09. The van der Waals surface area contributed by atoms with E-state index in [2.05, 4.69) is 34.2 Å². The molecule has 36 heavy (non-hydrogen) atoms. The van der Waals surface area contributed by atoms with Crippen LogP contribution < -0.4 is 0 Å². The minimum absolute atomic E-state index is 0.00307. The van der Waals surface area contributed by atoms with Gasteiger partial charge < -0.3 is 19.8 Å². The maximum atomic E-state index is 13.9. The molecule has 1 fully saturated rings. The summed E-state index contributed by atoms with van der Waals surface area (Å²) < 4.78 is 0. The number of hydrogen-bond donors (Lipinski definition) is 2. The molecule has 7 rings (SSSR count). The molecule has 2 aliphatic heterocycles. The van der Waals surface area contributed by atoms with Gasteiger partial charge >= 0.3 is 0 Å². The standard InChI is InChI=1S/C30H26N4O2/c35-27-18-33(15-14-20-17-31-24-12-6-4-10-21(20)24)30(36)26-16-23-22-11-5-7-13-25(22)32-28(23)29(34(26)27)19-8-2-1-3-9-19/h1-13,17,26,29,31-32H,14-16,18H2. The zero-order chi connectivity index (χ0) is 24.2. The van der Waals surface area contributed by atoms with Gasteiger partial charge in [0.2, 0.25) is 11.8 Å². The molecule has 0 saturated carbocycles. The molecule has 2 aliphatic rings. The number of H-pyrrole nitrogens is 2. The molecule has 1 saturated heterocycles. The molecule has 4 heterocycles. The maximum absolute atomic E-state index is 13.9. The molecular formula is C30H26N4O2. The number of hydrogen-bond acceptors (Lipinski definition) is 2. The lowest BCUT2D eigenvalue weighted by atomic mass is 9.86. The first kappa shape index (κ1) is 21.0. The first-order valence-electron chi connectivity index (χ1n) is 12.5. The number of para-hydroxylation sites is 2. The summed E-state index contributed by atoms with van der Waals surface area (Å²) in [7, 11) is 0. The third kappa shape index (κ3) is 3.18. The van der Waals surface area contributed by atoms with Gasteiger partial charge in [0.25, 0.3) is 0 Å². The van der Waals surface area contributed by atoms with Crippen LogP contribution in [0.5, 0.6) is 0 Å². The van der Waals surface area contributed by atoms with E-state index in [1.54, 1.807) is 4.90 Å². The Bertz CT molecular complexity index is 1620. The Morgan fingerprint density at radius 2 is 1.56 bits per heavy atom. The summed E-state index contributed by atoms with van der Waals surface area (Å²) in [4.78, 5) is 38.0. The van der Waals surface area contributed by atoms with Crippen LogP contribution >= 0.6 is 0 Å². The SMILES string of the molecule is O=C1C2Cc3c([nH]c4ccccc34)C(c3ccccc3)N2C(=O)CN1CCc1c[nH]c2ccccc12. The highest BCUT2D eigenvalue weighted by atomic mass is 16.2. The van der Waals surface area contributed by atoms with Crippen LogP contribution in [0.4, 0.5) is 0 Å². The lowest BCUT2D eigenvalue weighted by molar-refractivity contribution is -0.158. The van der Waals surface area contributed by atoms with Crippen molar-refractivity contribution < 1.29 is 9.59 Å². The molecule has 3 aromatic carbocycles. The van der Waals surface area contributed by atoms with Gasteiger partial charge in [-0.05, 0) is 35.2 Å². The van der Waals surface area contributed by atoms with Gasteiger partial charge in [-0.15, -0.1) is 0 Å².